The lowest BCUT2D eigenvalue weighted by Gasteiger charge is -2.28. The lowest BCUT2D eigenvalue weighted by molar-refractivity contribution is -0.144. The van der Waals surface area contributed by atoms with Crippen molar-refractivity contribution in [1.29, 1.82) is 0 Å². The van der Waals surface area contributed by atoms with Crippen molar-refractivity contribution in [3.05, 3.63) is 0 Å². The van der Waals surface area contributed by atoms with E-state index in [1.807, 2.05) is 0 Å². The van der Waals surface area contributed by atoms with Gasteiger partial charge in [-0.25, -0.2) is 4.79 Å². The molecule has 0 radical (unpaired) electrons. The van der Waals surface area contributed by atoms with Gasteiger partial charge in [-0.15, -0.1) is 0 Å². The van der Waals surface area contributed by atoms with Crippen molar-refractivity contribution >= 4 is 23.7 Å². The summed E-state index contributed by atoms with van der Waals surface area (Å²) in [4.78, 5) is 47.8. The Morgan fingerprint density at radius 1 is 0.889 bits per heavy atom. The highest BCUT2D eigenvalue weighted by molar-refractivity contribution is 5.94. The van der Waals surface area contributed by atoms with Crippen molar-refractivity contribution in [3.8, 4) is 0 Å². The first kappa shape index (κ1) is 24.8. The molecule has 0 aliphatic rings. The van der Waals surface area contributed by atoms with Gasteiger partial charge in [0, 0.05) is 0 Å². The van der Waals surface area contributed by atoms with E-state index in [1.165, 1.54) is 6.92 Å². The van der Waals surface area contributed by atoms with E-state index in [0.29, 0.717) is 6.42 Å². The number of aliphatic hydroxyl groups is 1. The zero-order chi connectivity index (χ0) is 21.3. The molecule has 27 heavy (non-hydrogen) atoms. The lowest BCUT2D eigenvalue weighted by Crippen LogP contribution is -2.60. The van der Waals surface area contributed by atoms with E-state index >= 15 is 0 Å². The Morgan fingerprint density at radius 2 is 1.37 bits per heavy atom. The van der Waals surface area contributed by atoms with Crippen LogP contribution in [-0.4, -0.2) is 64.7 Å². The van der Waals surface area contributed by atoms with Crippen molar-refractivity contribution in [2.75, 3.05) is 6.54 Å². The minimum Gasteiger partial charge on any atom is -0.480 e. The average Bonchev–Trinajstić information content (AvgIpc) is 2.59. The van der Waals surface area contributed by atoms with E-state index in [4.69, 9.17) is 5.73 Å². The molecule has 0 aromatic carbocycles. The summed E-state index contributed by atoms with van der Waals surface area (Å²) in [5.74, 6) is -3.88. The summed E-state index contributed by atoms with van der Waals surface area (Å²) in [6, 6.07) is -3.49. The Labute approximate surface area is 159 Å². The summed E-state index contributed by atoms with van der Waals surface area (Å²) in [5.41, 5.74) is 5.24. The smallest absolute Gasteiger partial charge is 0.326 e. The molecule has 0 aliphatic carbocycles. The van der Waals surface area contributed by atoms with Gasteiger partial charge in [0.25, 0.3) is 0 Å². The number of hydrogen-bond acceptors (Lipinski definition) is 6. The summed E-state index contributed by atoms with van der Waals surface area (Å²) >= 11 is 0. The Hall–Kier alpha value is -2.20. The third-order valence-corrected chi connectivity index (χ3v) is 4.29. The second-order valence-corrected chi connectivity index (χ2v) is 6.93. The summed E-state index contributed by atoms with van der Waals surface area (Å²) in [5, 5.41) is 26.4. The highest BCUT2D eigenvalue weighted by atomic mass is 16.4. The van der Waals surface area contributed by atoms with Gasteiger partial charge in [0.05, 0.1) is 12.6 Å². The number of aliphatic hydroxyl groups excluding tert-OH is 1. The van der Waals surface area contributed by atoms with Crippen molar-refractivity contribution in [2.45, 2.75) is 65.3 Å². The van der Waals surface area contributed by atoms with Crippen LogP contribution in [0.4, 0.5) is 0 Å². The van der Waals surface area contributed by atoms with Gasteiger partial charge in [-0.05, 0) is 18.8 Å². The van der Waals surface area contributed by atoms with Crippen LogP contribution >= 0.6 is 0 Å². The molecule has 0 aromatic rings. The van der Waals surface area contributed by atoms with E-state index in [9.17, 15) is 29.4 Å². The van der Waals surface area contributed by atoms with Crippen LogP contribution < -0.4 is 21.7 Å². The van der Waals surface area contributed by atoms with Crippen molar-refractivity contribution in [1.82, 2.24) is 16.0 Å². The Balaban J connectivity index is 5.30. The maximum Gasteiger partial charge on any atom is 0.326 e. The van der Waals surface area contributed by atoms with E-state index in [1.54, 1.807) is 27.7 Å². The summed E-state index contributed by atoms with van der Waals surface area (Å²) in [6.45, 7) is 7.85. The number of carboxylic acids is 1. The van der Waals surface area contributed by atoms with Crippen molar-refractivity contribution in [3.63, 3.8) is 0 Å². The molecule has 0 rings (SSSR count). The molecule has 10 nitrogen and oxygen atoms in total. The van der Waals surface area contributed by atoms with Gasteiger partial charge >= 0.3 is 5.97 Å². The maximum atomic E-state index is 12.5. The second kappa shape index (κ2) is 11.5. The molecule has 5 atom stereocenters. The molecule has 156 valence electrons. The standard InChI is InChI=1S/C17H32N4O6/c1-6-9(4)13(17(26)27)20-16(25)14(10(5)22)21-15(24)12(8(2)3)19-11(23)7-18/h8-10,12-14,22H,6-7,18H2,1-5H3,(H,19,23)(H,20,25)(H,21,24)(H,26,27). The van der Waals surface area contributed by atoms with Crippen LogP contribution in [0.25, 0.3) is 0 Å². The maximum absolute atomic E-state index is 12.5. The summed E-state index contributed by atoms with van der Waals surface area (Å²) in [7, 11) is 0. The number of nitrogens with two attached hydrogens (primary N) is 1. The molecular weight excluding hydrogens is 356 g/mol. The largest absolute Gasteiger partial charge is 0.480 e. The van der Waals surface area contributed by atoms with Crippen molar-refractivity contribution < 1.29 is 29.4 Å². The third kappa shape index (κ3) is 7.92. The number of aliphatic carboxylic acids is 1. The predicted octanol–water partition coefficient (Wildman–Crippen LogP) is -1.43. The first-order valence-corrected chi connectivity index (χ1v) is 8.97. The van der Waals surface area contributed by atoms with Gasteiger partial charge in [-0.1, -0.05) is 34.1 Å². The van der Waals surface area contributed by atoms with E-state index in [0.717, 1.165) is 0 Å². The molecule has 0 spiro atoms. The topological polar surface area (TPSA) is 171 Å². The normalized spacial score (nSPS) is 16.6. The highest BCUT2D eigenvalue weighted by Gasteiger charge is 2.34. The molecule has 10 heteroatoms. The van der Waals surface area contributed by atoms with Crippen LogP contribution in [0.3, 0.4) is 0 Å². The van der Waals surface area contributed by atoms with Gasteiger partial charge in [0.1, 0.15) is 18.1 Å². The van der Waals surface area contributed by atoms with Gasteiger partial charge in [-0.3, -0.25) is 14.4 Å². The number of hydrogen-bond donors (Lipinski definition) is 6. The number of rotatable bonds is 11. The summed E-state index contributed by atoms with van der Waals surface area (Å²) < 4.78 is 0. The van der Waals surface area contributed by atoms with Gasteiger partial charge < -0.3 is 31.9 Å². The quantitative estimate of drug-likeness (QED) is 0.252. The molecular formula is C17H32N4O6. The molecule has 0 fully saturated rings. The van der Waals surface area contributed by atoms with Crippen LogP contribution in [0.1, 0.15) is 41.0 Å². The summed E-state index contributed by atoms with van der Waals surface area (Å²) in [6.07, 6.45) is -0.762. The predicted molar refractivity (Wildman–Crippen MR) is 98.5 cm³/mol. The lowest BCUT2D eigenvalue weighted by atomic mass is 9.98. The molecule has 0 saturated carbocycles. The van der Waals surface area contributed by atoms with Gasteiger partial charge in [-0.2, -0.15) is 0 Å². The fraction of sp³-hybridized carbons (Fsp3) is 0.765. The number of carbonyl (C=O) groups excluding carboxylic acids is 3. The van der Waals surface area contributed by atoms with Crippen LogP contribution in [0.5, 0.6) is 0 Å². The molecule has 0 aliphatic heterocycles. The Morgan fingerprint density at radius 3 is 1.74 bits per heavy atom. The first-order valence-electron chi connectivity index (χ1n) is 8.97. The number of nitrogens with one attached hydrogen (secondary N) is 3. The fourth-order valence-electron chi connectivity index (χ4n) is 2.34. The van der Waals surface area contributed by atoms with Gasteiger partial charge in [0.2, 0.25) is 17.7 Å². The number of carbonyl (C=O) groups is 4. The monoisotopic (exact) mass is 388 g/mol. The zero-order valence-corrected chi connectivity index (χ0v) is 16.5. The Bertz CT molecular complexity index is 538. The van der Waals surface area contributed by atoms with Crippen LogP contribution in [0, 0.1) is 11.8 Å². The van der Waals surface area contributed by atoms with Crippen LogP contribution in [0.15, 0.2) is 0 Å². The first-order chi connectivity index (χ1) is 12.5. The Kier molecular flexibility index (Phi) is 10.6. The SMILES string of the molecule is CCC(C)C(NC(=O)C(NC(=O)C(NC(=O)CN)C(C)C)C(C)O)C(=O)O. The average molecular weight is 388 g/mol. The third-order valence-electron chi connectivity index (χ3n) is 4.29. The van der Waals surface area contributed by atoms with Crippen LogP contribution in [-0.2, 0) is 19.2 Å². The fourth-order valence-corrected chi connectivity index (χ4v) is 2.34. The minimum atomic E-state index is -1.38. The van der Waals surface area contributed by atoms with E-state index in [-0.39, 0.29) is 18.4 Å². The number of amides is 3. The molecule has 5 unspecified atom stereocenters. The second-order valence-electron chi connectivity index (χ2n) is 6.93. The molecule has 0 heterocycles. The minimum absolute atomic E-state index is 0.300. The van der Waals surface area contributed by atoms with Gasteiger partial charge in [0.15, 0.2) is 0 Å². The molecule has 0 saturated heterocycles. The molecule has 7 N–H and O–H groups in total. The zero-order valence-electron chi connectivity index (χ0n) is 16.5. The van der Waals surface area contributed by atoms with Crippen molar-refractivity contribution in [2.24, 2.45) is 17.6 Å². The molecule has 0 aromatic heterocycles. The van der Waals surface area contributed by atoms with E-state index in [2.05, 4.69) is 16.0 Å². The highest BCUT2D eigenvalue weighted by Crippen LogP contribution is 2.09. The molecule has 3 amide bonds. The van der Waals surface area contributed by atoms with E-state index < -0.39 is 47.9 Å². The molecule has 0 bridgehead atoms. The number of carboxylic acid groups (broad SMARTS) is 1. The van der Waals surface area contributed by atoms with Crippen LogP contribution in [0.2, 0.25) is 0 Å².